The standard InChI is InChI=1S/C14H11BrN4O/c1-9-6-10(2-3-12(9)15)18-14(20)11-7-17-19-5-4-16-8-13(11)19/h2-8H,1H3,(H,18,20). The van der Waals surface area contributed by atoms with Crippen LogP contribution in [-0.2, 0) is 0 Å². The molecule has 0 radical (unpaired) electrons. The SMILES string of the molecule is Cc1cc(NC(=O)c2cnn3ccncc23)ccc1Br. The quantitative estimate of drug-likeness (QED) is 0.785. The van der Waals surface area contributed by atoms with Crippen LogP contribution in [0.1, 0.15) is 15.9 Å². The van der Waals surface area contributed by atoms with Crippen LogP contribution in [0.2, 0.25) is 0 Å². The van der Waals surface area contributed by atoms with Gasteiger partial charge in [0.05, 0.1) is 23.5 Å². The maximum atomic E-state index is 12.3. The van der Waals surface area contributed by atoms with Crippen LogP contribution in [0, 0.1) is 6.92 Å². The molecule has 0 saturated heterocycles. The van der Waals surface area contributed by atoms with Gasteiger partial charge in [-0.2, -0.15) is 5.10 Å². The lowest BCUT2D eigenvalue weighted by atomic mass is 10.2. The number of hydrogen-bond donors (Lipinski definition) is 1. The highest BCUT2D eigenvalue weighted by molar-refractivity contribution is 9.10. The third-order valence-electron chi connectivity index (χ3n) is 2.99. The summed E-state index contributed by atoms with van der Waals surface area (Å²) in [5, 5.41) is 6.98. The van der Waals surface area contributed by atoms with Gasteiger partial charge in [-0.3, -0.25) is 9.78 Å². The second-order valence-corrected chi connectivity index (χ2v) is 5.24. The minimum Gasteiger partial charge on any atom is -0.322 e. The molecule has 0 aliphatic rings. The molecule has 0 unspecified atom stereocenters. The molecule has 2 heterocycles. The zero-order valence-electron chi connectivity index (χ0n) is 10.7. The lowest BCUT2D eigenvalue weighted by Crippen LogP contribution is -2.11. The molecule has 2 aromatic heterocycles. The van der Waals surface area contributed by atoms with Gasteiger partial charge in [0.25, 0.3) is 5.91 Å². The van der Waals surface area contributed by atoms with E-state index in [0.29, 0.717) is 11.1 Å². The summed E-state index contributed by atoms with van der Waals surface area (Å²) in [6.07, 6.45) is 6.49. The van der Waals surface area contributed by atoms with Crippen molar-refractivity contribution in [1.82, 2.24) is 14.6 Å². The summed E-state index contributed by atoms with van der Waals surface area (Å²) >= 11 is 3.43. The van der Waals surface area contributed by atoms with E-state index in [1.807, 2.05) is 25.1 Å². The molecule has 3 rings (SSSR count). The normalized spacial score (nSPS) is 10.7. The Labute approximate surface area is 123 Å². The lowest BCUT2D eigenvalue weighted by Gasteiger charge is -2.06. The van der Waals surface area contributed by atoms with Gasteiger partial charge in [-0.05, 0) is 30.7 Å². The predicted molar refractivity (Wildman–Crippen MR) is 79.8 cm³/mol. The Morgan fingerprint density at radius 1 is 1.35 bits per heavy atom. The highest BCUT2D eigenvalue weighted by Gasteiger charge is 2.13. The van der Waals surface area contributed by atoms with E-state index in [9.17, 15) is 4.79 Å². The van der Waals surface area contributed by atoms with Gasteiger partial charge in [-0.15, -0.1) is 0 Å². The molecular formula is C14H11BrN4O. The predicted octanol–water partition coefficient (Wildman–Crippen LogP) is 3.05. The number of hydrogen-bond acceptors (Lipinski definition) is 3. The zero-order valence-corrected chi connectivity index (χ0v) is 12.3. The van der Waals surface area contributed by atoms with Gasteiger partial charge in [0, 0.05) is 22.6 Å². The number of anilines is 1. The smallest absolute Gasteiger partial charge is 0.259 e. The molecule has 0 spiro atoms. The molecule has 1 amide bonds. The highest BCUT2D eigenvalue weighted by atomic mass is 79.9. The average Bonchev–Trinajstić information content (AvgIpc) is 2.87. The van der Waals surface area contributed by atoms with Crippen molar-refractivity contribution in [3.63, 3.8) is 0 Å². The van der Waals surface area contributed by atoms with Crippen LogP contribution in [0.3, 0.4) is 0 Å². The summed E-state index contributed by atoms with van der Waals surface area (Å²) in [5.41, 5.74) is 2.99. The number of amides is 1. The third-order valence-corrected chi connectivity index (χ3v) is 3.87. The van der Waals surface area contributed by atoms with Crippen molar-refractivity contribution in [3.05, 3.63) is 58.6 Å². The molecule has 0 aliphatic carbocycles. The van der Waals surface area contributed by atoms with Gasteiger partial charge in [0.1, 0.15) is 0 Å². The van der Waals surface area contributed by atoms with Gasteiger partial charge in [0.15, 0.2) is 0 Å². The van der Waals surface area contributed by atoms with Crippen molar-refractivity contribution in [1.29, 1.82) is 0 Å². The van der Waals surface area contributed by atoms with Crippen LogP contribution in [0.15, 0.2) is 47.5 Å². The van der Waals surface area contributed by atoms with E-state index in [2.05, 4.69) is 31.3 Å². The van der Waals surface area contributed by atoms with Crippen LogP contribution in [0.4, 0.5) is 5.69 Å². The topological polar surface area (TPSA) is 59.3 Å². The van der Waals surface area contributed by atoms with E-state index in [1.165, 1.54) is 6.20 Å². The molecule has 100 valence electrons. The number of fused-ring (bicyclic) bond motifs is 1. The molecule has 6 heteroatoms. The average molecular weight is 331 g/mol. The summed E-state index contributed by atoms with van der Waals surface area (Å²) in [5.74, 6) is -0.199. The second kappa shape index (κ2) is 5.05. The van der Waals surface area contributed by atoms with Gasteiger partial charge in [0.2, 0.25) is 0 Å². The molecule has 0 bridgehead atoms. The van der Waals surface area contributed by atoms with Crippen molar-refractivity contribution in [3.8, 4) is 0 Å². The fourth-order valence-electron chi connectivity index (χ4n) is 1.93. The Kier molecular flexibility index (Phi) is 3.23. The maximum Gasteiger partial charge on any atom is 0.259 e. The molecule has 5 nitrogen and oxygen atoms in total. The van der Waals surface area contributed by atoms with Crippen molar-refractivity contribution in [2.75, 3.05) is 5.32 Å². The van der Waals surface area contributed by atoms with E-state index >= 15 is 0 Å². The lowest BCUT2D eigenvalue weighted by molar-refractivity contribution is 0.102. The molecule has 0 atom stereocenters. The molecular weight excluding hydrogens is 320 g/mol. The minimum atomic E-state index is -0.199. The Balaban J connectivity index is 1.91. The van der Waals surface area contributed by atoms with Gasteiger partial charge in [-0.1, -0.05) is 15.9 Å². The number of rotatable bonds is 2. The molecule has 3 aromatic rings. The Bertz CT molecular complexity index is 797. The summed E-state index contributed by atoms with van der Waals surface area (Å²) in [4.78, 5) is 16.3. The monoisotopic (exact) mass is 330 g/mol. The van der Waals surface area contributed by atoms with Crippen molar-refractivity contribution >= 4 is 33.0 Å². The van der Waals surface area contributed by atoms with Crippen molar-refractivity contribution in [2.45, 2.75) is 6.92 Å². The fraction of sp³-hybridized carbons (Fsp3) is 0.0714. The fourth-order valence-corrected chi connectivity index (χ4v) is 2.18. The summed E-state index contributed by atoms with van der Waals surface area (Å²) in [6, 6.07) is 5.66. The number of nitrogens with zero attached hydrogens (tertiary/aromatic N) is 3. The number of carbonyl (C=O) groups excluding carboxylic acids is 1. The first-order valence-electron chi connectivity index (χ1n) is 6.00. The summed E-state index contributed by atoms with van der Waals surface area (Å²) < 4.78 is 2.63. The number of carbonyl (C=O) groups is 1. The zero-order chi connectivity index (χ0) is 14.1. The largest absolute Gasteiger partial charge is 0.322 e. The van der Waals surface area contributed by atoms with E-state index < -0.39 is 0 Å². The van der Waals surface area contributed by atoms with Gasteiger partial charge < -0.3 is 5.32 Å². The van der Waals surface area contributed by atoms with Crippen LogP contribution in [0.5, 0.6) is 0 Å². The molecule has 20 heavy (non-hydrogen) atoms. The van der Waals surface area contributed by atoms with E-state index in [0.717, 1.165) is 15.7 Å². The van der Waals surface area contributed by atoms with Crippen molar-refractivity contribution < 1.29 is 4.79 Å². The molecule has 0 aliphatic heterocycles. The molecule has 1 aromatic carbocycles. The number of aryl methyl sites for hydroxylation is 1. The van der Waals surface area contributed by atoms with Crippen LogP contribution < -0.4 is 5.32 Å². The summed E-state index contributed by atoms with van der Waals surface area (Å²) in [7, 11) is 0. The van der Waals surface area contributed by atoms with Crippen LogP contribution in [-0.4, -0.2) is 20.5 Å². The van der Waals surface area contributed by atoms with E-state index in [1.54, 1.807) is 23.1 Å². The van der Waals surface area contributed by atoms with Gasteiger partial charge >= 0.3 is 0 Å². The van der Waals surface area contributed by atoms with E-state index in [4.69, 9.17) is 0 Å². The van der Waals surface area contributed by atoms with Gasteiger partial charge in [-0.25, -0.2) is 4.52 Å². The number of nitrogens with one attached hydrogen (secondary N) is 1. The van der Waals surface area contributed by atoms with E-state index in [-0.39, 0.29) is 5.91 Å². The second-order valence-electron chi connectivity index (χ2n) is 4.38. The summed E-state index contributed by atoms with van der Waals surface area (Å²) in [6.45, 7) is 1.97. The van der Waals surface area contributed by atoms with Crippen LogP contribution >= 0.6 is 15.9 Å². The molecule has 0 fully saturated rings. The first-order valence-corrected chi connectivity index (χ1v) is 6.79. The van der Waals surface area contributed by atoms with Crippen LogP contribution in [0.25, 0.3) is 5.52 Å². The first-order chi connectivity index (χ1) is 9.65. The number of aromatic nitrogens is 3. The number of benzene rings is 1. The Hall–Kier alpha value is -2.21. The Morgan fingerprint density at radius 2 is 2.20 bits per heavy atom. The maximum absolute atomic E-state index is 12.3. The highest BCUT2D eigenvalue weighted by Crippen LogP contribution is 2.21. The van der Waals surface area contributed by atoms with Crippen molar-refractivity contribution in [2.24, 2.45) is 0 Å². The minimum absolute atomic E-state index is 0.199. The third kappa shape index (κ3) is 2.30. The Morgan fingerprint density at radius 3 is 3.00 bits per heavy atom. The molecule has 0 saturated carbocycles. The molecule has 1 N–H and O–H groups in total. The number of halogens is 1. The first kappa shape index (κ1) is 12.8.